The van der Waals surface area contributed by atoms with E-state index in [1.165, 1.54) is 0 Å². The Balaban J connectivity index is 0.000000583. The van der Waals surface area contributed by atoms with Crippen LogP contribution in [-0.4, -0.2) is 32.0 Å². The van der Waals surface area contributed by atoms with Crippen LogP contribution < -0.4 is 10.6 Å². The highest BCUT2D eigenvalue weighted by atomic mass is 32.1. The second kappa shape index (κ2) is 9.61. The van der Waals surface area contributed by atoms with E-state index in [1.54, 1.807) is 11.3 Å². The number of nitrogens with zero attached hydrogens (tertiary/aromatic N) is 1. The summed E-state index contributed by atoms with van der Waals surface area (Å²) in [6, 6.07) is 0. The smallest absolute Gasteiger partial charge is 0.207 e. The summed E-state index contributed by atoms with van der Waals surface area (Å²) in [5, 5.41) is 8.52. The van der Waals surface area contributed by atoms with Crippen molar-refractivity contribution < 1.29 is 4.79 Å². The Hall–Kier alpha value is -0.940. The Bertz CT molecular complexity index is 263. The molecule has 86 valence electrons. The van der Waals surface area contributed by atoms with Crippen LogP contribution in [0.2, 0.25) is 0 Å². The van der Waals surface area contributed by atoms with Gasteiger partial charge in [0, 0.05) is 18.3 Å². The van der Waals surface area contributed by atoms with Gasteiger partial charge in [-0.25, -0.2) is 4.98 Å². The molecule has 1 aromatic rings. The van der Waals surface area contributed by atoms with E-state index in [-0.39, 0.29) is 0 Å². The third-order valence-corrected chi connectivity index (χ3v) is 2.49. The van der Waals surface area contributed by atoms with Gasteiger partial charge in [0.2, 0.25) is 6.41 Å². The third kappa shape index (κ3) is 7.04. The highest BCUT2D eigenvalue weighted by Gasteiger charge is 1.98. The monoisotopic (exact) mass is 229 g/mol. The van der Waals surface area contributed by atoms with E-state index < -0.39 is 0 Å². The Morgan fingerprint density at radius 1 is 1.53 bits per heavy atom. The van der Waals surface area contributed by atoms with Gasteiger partial charge in [-0.15, -0.1) is 11.3 Å². The molecule has 15 heavy (non-hydrogen) atoms. The van der Waals surface area contributed by atoms with Crippen LogP contribution in [0.3, 0.4) is 0 Å². The van der Waals surface area contributed by atoms with Gasteiger partial charge >= 0.3 is 0 Å². The van der Waals surface area contributed by atoms with Crippen LogP contribution >= 0.6 is 11.3 Å². The molecule has 0 spiro atoms. The number of rotatable bonds is 5. The Kier molecular flexibility index (Phi) is 9.01. The Labute approximate surface area is 95.1 Å². The lowest BCUT2D eigenvalue weighted by molar-refractivity contribution is -0.109. The van der Waals surface area contributed by atoms with Gasteiger partial charge in [0.25, 0.3) is 0 Å². The zero-order valence-electron chi connectivity index (χ0n) is 9.54. The minimum Gasteiger partial charge on any atom is -0.358 e. The first kappa shape index (κ1) is 14.1. The quantitative estimate of drug-likeness (QED) is 0.581. The molecule has 1 heterocycles. The largest absolute Gasteiger partial charge is 0.358 e. The molecule has 0 fully saturated rings. The molecule has 4 nitrogen and oxygen atoms in total. The second-order valence-electron chi connectivity index (χ2n) is 2.91. The van der Waals surface area contributed by atoms with Crippen LogP contribution in [0.15, 0.2) is 5.38 Å². The van der Waals surface area contributed by atoms with Crippen molar-refractivity contribution in [3.63, 3.8) is 0 Å². The fourth-order valence-corrected chi connectivity index (χ4v) is 1.75. The van der Waals surface area contributed by atoms with Gasteiger partial charge in [-0.3, -0.25) is 4.79 Å². The van der Waals surface area contributed by atoms with Gasteiger partial charge in [-0.2, -0.15) is 0 Å². The number of aryl methyl sites for hydroxylation is 1. The fourth-order valence-electron chi connectivity index (χ4n) is 0.864. The Morgan fingerprint density at radius 2 is 2.20 bits per heavy atom. The maximum Gasteiger partial charge on any atom is 0.207 e. The van der Waals surface area contributed by atoms with E-state index in [9.17, 15) is 4.79 Å². The van der Waals surface area contributed by atoms with Gasteiger partial charge in [-0.1, -0.05) is 6.92 Å². The molecular formula is C10H19N3OS. The van der Waals surface area contributed by atoms with E-state index in [0.717, 1.165) is 23.5 Å². The third-order valence-electron chi connectivity index (χ3n) is 1.53. The molecule has 0 bridgehead atoms. The summed E-state index contributed by atoms with van der Waals surface area (Å²) in [6.45, 7) is 2.77. The molecule has 1 rings (SSSR count). The molecule has 2 N–H and O–H groups in total. The van der Waals surface area contributed by atoms with Gasteiger partial charge in [0.1, 0.15) is 0 Å². The standard InChI is InChI=1S/C8H12N2OS.C2H7N/c1-2-7-5-12-8(10-7)3-4-9-6-11;1-3-2/h5-6H,2-4H2,1H3,(H,9,11);3H,1-2H3. The lowest BCUT2D eigenvalue weighted by Crippen LogP contribution is -2.14. The lowest BCUT2D eigenvalue weighted by Gasteiger charge is -1.93. The average Bonchev–Trinajstić information content (AvgIpc) is 2.67. The summed E-state index contributed by atoms with van der Waals surface area (Å²) in [4.78, 5) is 14.3. The number of hydrogen-bond acceptors (Lipinski definition) is 4. The molecule has 0 aromatic carbocycles. The molecule has 0 saturated carbocycles. The number of carbonyl (C=O) groups is 1. The molecule has 0 aliphatic rings. The van der Waals surface area contributed by atoms with Gasteiger partial charge < -0.3 is 10.6 Å². The zero-order valence-corrected chi connectivity index (χ0v) is 10.4. The van der Waals surface area contributed by atoms with Crippen LogP contribution in [0.1, 0.15) is 17.6 Å². The van der Waals surface area contributed by atoms with Crippen molar-refractivity contribution >= 4 is 17.7 Å². The first-order valence-corrected chi connectivity index (χ1v) is 5.85. The van der Waals surface area contributed by atoms with E-state index >= 15 is 0 Å². The minimum atomic E-state index is 0.681. The topological polar surface area (TPSA) is 54.0 Å². The van der Waals surface area contributed by atoms with Crippen molar-refractivity contribution in [2.24, 2.45) is 0 Å². The molecule has 0 unspecified atom stereocenters. The van der Waals surface area contributed by atoms with Crippen molar-refractivity contribution in [2.45, 2.75) is 19.8 Å². The number of amides is 1. The van der Waals surface area contributed by atoms with E-state index in [2.05, 4.69) is 27.9 Å². The van der Waals surface area contributed by atoms with Crippen LogP contribution in [0.25, 0.3) is 0 Å². The summed E-state index contributed by atoms with van der Waals surface area (Å²) in [5.74, 6) is 0. The molecule has 0 aliphatic heterocycles. The van der Waals surface area contributed by atoms with Crippen LogP contribution in [0.4, 0.5) is 0 Å². The SMILES string of the molecule is CCc1csc(CCNC=O)n1.CNC. The Morgan fingerprint density at radius 3 is 2.67 bits per heavy atom. The predicted octanol–water partition coefficient (Wildman–Crippen LogP) is 0.830. The normalized spacial score (nSPS) is 9.00. The molecule has 1 amide bonds. The average molecular weight is 229 g/mol. The van der Waals surface area contributed by atoms with Crippen molar-refractivity contribution in [1.82, 2.24) is 15.6 Å². The maximum atomic E-state index is 9.93. The molecule has 1 aromatic heterocycles. The summed E-state index contributed by atoms with van der Waals surface area (Å²) < 4.78 is 0. The van der Waals surface area contributed by atoms with Crippen molar-refractivity contribution in [3.05, 3.63) is 16.1 Å². The first-order chi connectivity index (χ1) is 7.28. The number of hydrogen-bond donors (Lipinski definition) is 2. The van der Waals surface area contributed by atoms with Crippen molar-refractivity contribution in [3.8, 4) is 0 Å². The molecular weight excluding hydrogens is 210 g/mol. The zero-order chi connectivity index (χ0) is 11.5. The molecule has 0 saturated heterocycles. The summed E-state index contributed by atoms with van der Waals surface area (Å²) in [5.41, 5.74) is 1.14. The van der Waals surface area contributed by atoms with Gasteiger partial charge in [0.05, 0.1) is 10.7 Å². The minimum absolute atomic E-state index is 0.681. The molecule has 0 aliphatic carbocycles. The van der Waals surface area contributed by atoms with Gasteiger partial charge in [-0.05, 0) is 20.5 Å². The number of aromatic nitrogens is 1. The van der Waals surface area contributed by atoms with E-state index in [4.69, 9.17) is 0 Å². The fraction of sp³-hybridized carbons (Fsp3) is 0.600. The summed E-state index contributed by atoms with van der Waals surface area (Å²) in [6.07, 6.45) is 2.54. The maximum absolute atomic E-state index is 9.93. The predicted molar refractivity (Wildman–Crippen MR) is 64.2 cm³/mol. The first-order valence-electron chi connectivity index (χ1n) is 4.97. The van der Waals surface area contributed by atoms with Crippen LogP contribution in [-0.2, 0) is 17.6 Å². The molecule has 0 radical (unpaired) electrons. The van der Waals surface area contributed by atoms with Gasteiger partial charge in [0.15, 0.2) is 0 Å². The van der Waals surface area contributed by atoms with E-state index in [1.807, 2.05) is 14.1 Å². The number of thiazole rings is 1. The number of carbonyl (C=O) groups excluding carboxylic acids is 1. The van der Waals surface area contributed by atoms with Crippen molar-refractivity contribution in [2.75, 3.05) is 20.6 Å². The lowest BCUT2D eigenvalue weighted by atomic mass is 10.4. The summed E-state index contributed by atoms with van der Waals surface area (Å²) in [7, 11) is 3.75. The van der Waals surface area contributed by atoms with Crippen LogP contribution in [0, 0.1) is 0 Å². The number of nitrogens with one attached hydrogen (secondary N) is 2. The van der Waals surface area contributed by atoms with E-state index in [0.29, 0.717) is 13.0 Å². The van der Waals surface area contributed by atoms with Crippen molar-refractivity contribution in [1.29, 1.82) is 0 Å². The summed E-state index contributed by atoms with van der Waals surface area (Å²) >= 11 is 1.66. The molecule has 0 atom stereocenters. The van der Waals surface area contributed by atoms with Crippen LogP contribution in [0.5, 0.6) is 0 Å². The molecule has 5 heteroatoms. The highest BCUT2D eigenvalue weighted by Crippen LogP contribution is 2.09. The highest BCUT2D eigenvalue weighted by molar-refractivity contribution is 7.09. The second-order valence-corrected chi connectivity index (χ2v) is 3.85.